The summed E-state index contributed by atoms with van der Waals surface area (Å²) < 4.78 is 13.0. The highest BCUT2D eigenvalue weighted by Gasteiger charge is 2.31. The van der Waals surface area contributed by atoms with E-state index in [1.54, 1.807) is 0 Å². The Bertz CT molecular complexity index is 856. The summed E-state index contributed by atoms with van der Waals surface area (Å²) in [5.74, 6) is -2.02. The number of thiazole rings is 1. The lowest BCUT2D eigenvalue weighted by Crippen LogP contribution is -2.48. The molecule has 4 N–H and O–H groups in total. The van der Waals surface area contributed by atoms with Crippen molar-refractivity contribution in [2.75, 3.05) is 18.5 Å². The number of rotatable bonds is 6. The number of aliphatic hydroxyl groups is 1. The summed E-state index contributed by atoms with van der Waals surface area (Å²) >= 11 is 1.45. The number of halogens is 2. The second kappa shape index (κ2) is 11.4. The van der Waals surface area contributed by atoms with Gasteiger partial charge in [-0.3, -0.25) is 9.59 Å². The molecule has 1 aromatic carbocycles. The summed E-state index contributed by atoms with van der Waals surface area (Å²) in [7, 11) is 0. The van der Waals surface area contributed by atoms with Crippen LogP contribution in [0.2, 0.25) is 0 Å². The number of amides is 2. The normalized spacial score (nSPS) is 17.0. The molecular weight excluding hydrogens is 431 g/mol. The first kappa shape index (κ1) is 24.2. The topological polar surface area (TPSA) is 103 Å². The van der Waals surface area contributed by atoms with Crippen LogP contribution in [0.15, 0.2) is 24.3 Å². The number of aliphatic hydroxyl groups excluding tert-OH is 1. The minimum absolute atomic E-state index is 0. The predicted molar refractivity (Wildman–Crippen MR) is 116 cm³/mol. The molecule has 0 radical (unpaired) electrons. The Labute approximate surface area is 184 Å². The van der Waals surface area contributed by atoms with E-state index in [1.807, 2.05) is 6.92 Å². The molecule has 0 saturated carbocycles. The van der Waals surface area contributed by atoms with Crippen LogP contribution in [-0.2, 0) is 16.0 Å². The molecule has 2 amide bonds. The number of carbonyl (C=O) groups excluding carboxylic acids is 2. The highest BCUT2D eigenvalue weighted by molar-refractivity contribution is 7.11. The van der Waals surface area contributed by atoms with E-state index in [4.69, 9.17) is 0 Å². The number of nitrogens with one attached hydrogen (secondary N) is 3. The van der Waals surface area contributed by atoms with Crippen molar-refractivity contribution in [2.24, 2.45) is 0 Å². The molecular formula is C20H26ClFN4O3S. The van der Waals surface area contributed by atoms with Crippen LogP contribution in [-0.4, -0.2) is 41.1 Å². The van der Waals surface area contributed by atoms with Gasteiger partial charge >= 0.3 is 11.8 Å². The molecule has 0 bridgehead atoms. The number of piperidine rings is 1. The maximum absolute atomic E-state index is 13.0. The molecule has 1 aromatic heterocycles. The number of nitrogens with zero attached hydrogens (tertiary/aromatic N) is 1. The van der Waals surface area contributed by atoms with Crippen LogP contribution in [0.25, 0.3) is 0 Å². The zero-order valence-electron chi connectivity index (χ0n) is 16.6. The van der Waals surface area contributed by atoms with E-state index in [-0.39, 0.29) is 25.1 Å². The lowest BCUT2D eigenvalue weighted by molar-refractivity contribution is -0.136. The monoisotopic (exact) mass is 456 g/mol. The second-order valence-electron chi connectivity index (χ2n) is 7.00. The summed E-state index contributed by atoms with van der Waals surface area (Å²) in [5, 5.41) is 18.7. The Morgan fingerprint density at radius 1 is 1.30 bits per heavy atom. The lowest BCUT2D eigenvalue weighted by Gasteiger charge is -2.30. The summed E-state index contributed by atoms with van der Waals surface area (Å²) in [4.78, 5) is 30.5. The molecule has 0 spiro atoms. The molecule has 2 atom stereocenters. The van der Waals surface area contributed by atoms with Gasteiger partial charge in [0.15, 0.2) is 0 Å². The third-order valence-electron chi connectivity index (χ3n) is 4.86. The molecule has 1 fully saturated rings. The average Bonchev–Trinajstić information content (AvgIpc) is 3.08. The summed E-state index contributed by atoms with van der Waals surface area (Å²) in [5.41, 5.74) is 1.17. The molecule has 10 heteroatoms. The van der Waals surface area contributed by atoms with E-state index >= 15 is 0 Å². The van der Waals surface area contributed by atoms with Gasteiger partial charge in [0, 0.05) is 29.6 Å². The molecule has 1 aliphatic heterocycles. The summed E-state index contributed by atoms with van der Waals surface area (Å²) in [6.07, 6.45) is 3.46. The standard InChI is InChI=1S/C20H25FN4O3S.ClH/c1-12-16(9-11-26)29-20(23-12)17(15-4-2-3-10-22-15)25-19(28)18(27)24-14-7-5-13(21)6-8-14;/h5-8,15,17,22,26H,2-4,9-11H2,1H3,(H,24,27)(H,25,28);1H. The van der Waals surface area contributed by atoms with Gasteiger partial charge in [-0.1, -0.05) is 6.42 Å². The smallest absolute Gasteiger partial charge is 0.313 e. The van der Waals surface area contributed by atoms with Gasteiger partial charge in [-0.15, -0.1) is 23.7 Å². The second-order valence-corrected chi connectivity index (χ2v) is 8.12. The van der Waals surface area contributed by atoms with Crippen LogP contribution in [0.3, 0.4) is 0 Å². The minimum Gasteiger partial charge on any atom is -0.396 e. The van der Waals surface area contributed by atoms with Crippen molar-refractivity contribution in [2.45, 2.75) is 44.7 Å². The van der Waals surface area contributed by atoms with Gasteiger partial charge in [0.1, 0.15) is 10.8 Å². The van der Waals surface area contributed by atoms with Gasteiger partial charge in [0.2, 0.25) is 0 Å². The fraction of sp³-hybridized carbons (Fsp3) is 0.450. The van der Waals surface area contributed by atoms with Crippen LogP contribution in [0.1, 0.15) is 40.9 Å². The van der Waals surface area contributed by atoms with Crippen molar-refractivity contribution in [1.29, 1.82) is 0 Å². The van der Waals surface area contributed by atoms with Crippen molar-refractivity contribution in [3.05, 3.63) is 45.7 Å². The van der Waals surface area contributed by atoms with E-state index in [2.05, 4.69) is 20.9 Å². The third kappa shape index (κ3) is 6.21. The molecule has 3 rings (SSSR count). The Hall–Kier alpha value is -2.07. The van der Waals surface area contributed by atoms with Gasteiger partial charge in [-0.2, -0.15) is 0 Å². The fourth-order valence-electron chi connectivity index (χ4n) is 3.34. The maximum atomic E-state index is 13.0. The van der Waals surface area contributed by atoms with E-state index in [9.17, 15) is 19.1 Å². The number of hydrogen-bond acceptors (Lipinski definition) is 6. The minimum atomic E-state index is -0.818. The van der Waals surface area contributed by atoms with Crippen LogP contribution in [0.4, 0.5) is 10.1 Å². The highest BCUT2D eigenvalue weighted by atomic mass is 35.5. The molecule has 7 nitrogen and oxygen atoms in total. The zero-order chi connectivity index (χ0) is 20.8. The fourth-order valence-corrected chi connectivity index (χ4v) is 4.51. The predicted octanol–water partition coefficient (Wildman–Crippen LogP) is 2.49. The van der Waals surface area contributed by atoms with Gasteiger partial charge in [-0.25, -0.2) is 9.37 Å². The number of anilines is 1. The van der Waals surface area contributed by atoms with E-state index in [0.29, 0.717) is 17.1 Å². The van der Waals surface area contributed by atoms with Gasteiger partial charge in [0.05, 0.1) is 11.7 Å². The van der Waals surface area contributed by atoms with E-state index < -0.39 is 23.7 Å². The third-order valence-corrected chi connectivity index (χ3v) is 6.16. The summed E-state index contributed by atoms with van der Waals surface area (Å²) in [6.45, 7) is 2.74. The van der Waals surface area contributed by atoms with Gasteiger partial charge in [0.25, 0.3) is 0 Å². The molecule has 1 saturated heterocycles. The van der Waals surface area contributed by atoms with Crippen molar-refractivity contribution >= 4 is 41.2 Å². The SMILES string of the molecule is Cc1nc(C(NC(=O)C(=O)Nc2ccc(F)cc2)C2CCCCN2)sc1CCO.Cl. The van der Waals surface area contributed by atoms with Crippen molar-refractivity contribution in [3.8, 4) is 0 Å². The quantitative estimate of drug-likeness (QED) is 0.500. The van der Waals surface area contributed by atoms with Crippen LogP contribution < -0.4 is 16.0 Å². The molecule has 30 heavy (non-hydrogen) atoms. The number of carbonyl (C=O) groups is 2. The molecule has 0 aliphatic carbocycles. The zero-order valence-corrected chi connectivity index (χ0v) is 18.2. The van der Waals surface area contributed by atoms with E-state index in [1.165, 1.54) is 35.6 Å². The van der Waals surface area contributed by atoms with Crippen molar-refractivity contribution < 1.29 is 19.1 Å². The van der Waals surface area contributed by atoms with Crippen LogP contribution in [0, 0.1) is 12.7 Å². The van der Waals surface area contributed by atoms with Crippen LogP contribution in [0.5, 0.6) is 0 Å². The number of aryl methyl sites for hydroxylation is 1. The Morgan fingerprint density at radius 2 is 2.03 bits per heavy atom. The lowest BCUT2D eigenvalue weighted by atomic mass is 9.98. The number of hydrogen-bond donors (Lipinski definition) is 4. The number of aromatic nitrogens is 1. The Kier molecular flexibility index (Phi) is 9.16. The van der Waals surface area contributed by atoms with Crippen molar-refractivity contribution in [3.63, 3.8) is 0 Å². The first-order chi connectivity index (χ1) is 14.0. The van der Waals surface area contributed by atoms with Crippen molar-refractivity contribution in [1.82, 2.24) is 15.6 Å². The molecule has 2 aromatic rings. The first-order valence-electron chi connectivity index (χ1n) is 9.66. The maximum Gasteiger partial charge on any atom is 0.313 e. The molecule has 164 valence electrons. The largest absolute Gasteiger partial charge is 0.396 e. The molecule has 1 aliphatic rings. The first-order valence-corrected chi connectivity index (χ1v) is 10.5. The Balaban J connectivity index is 0.00000320. The van der Waals surface area contributed by atoms with E-state index in [0.717, 1.165) is 36.4 Å². The number of benzene rings is 1. The molecule has 2 unspecified atom stereocenters. The highest BCUT2D eigenvalue weighted by Crippen LogP contribution is 2.29. The average molecular weight is 457 g/mol. The molecule has 2 heterocycles. The van der Waals surface area contributed by atoms with Gasteiger partial charge < -0.3 is 21.1 Å². The van der Waals surface area contributed by atoms with Gasteiger partial charge in [-0.05, 0) is 50.6 Å². The summed E-state index contributed by atoms with van der Waals surface area (Å²) in [6, 6.07) is 4.74. The Morgan fingerprint density at radius 3 is 2.67 bits per heavy atom. The van der Waals surface area contributed by atoms with Crippen LogP contribution >= 0.6 is 23.7 Å².